The van der Waals surface area contributed by atoms with Crippen LogP contribution in [-0.4, -0.2) is 38.9 Å². The van der Waals surface area contributed by atoms with Gasteiger partial charge in [-0.1, -0.05) is 6.92 Å². The van der Waals surface area contributed by atoms with E-state index in [9.17, 15) is 14.8 Å². The number of nitrogens with zero attached hydrogens (tertiary/aromatic N) is 2. The minimum atomic E-state index is -0.682. The van der Waals surface area contributed by atoms with Gasteiger partial charge in [0.05, 0.1) is 0 Å². The molecule has 1 aliphatic rings. The van der Waals surface area contributed by atoms with Gasteiger partial charge < -0.3 is 5.32 Å². The molecule has 1 fully saturated rings. The topological polar surface area (TPSA) is 72.9 Å². The lowest BCUT2D eigenvalue weighted by molar-refractivity contribution is -0.110. The number of urea groups is 2. The van der Waals surface area contributed by atoms with E-state index in [0.29, 0.717) is 11.5 Å². The number of amides is 4. The number of hydroxylamine groups is 2. The van der Waals surface area contributed by atoms with E-state index in [1.807, 2.05) is 0 Å². The Balaban J connectivity index is 2.95. The van der Waals surface area contributed by atoms with Crippen LogP contribution in [0.1, 0.15) is 34.1 Å². The third kappa shape index (κ3) is 2.04. The Morgan fingerprint density at radius 2 is 1.93 bits per heavy atom. The first-order valence-electron chi connectivity index (χ1n) is 4.91. The van der Waals surface area contributed by atoms with Crippen molar-refractivity contribution in [1.82, 2.24) is 15.3 Å². The predicted molar refractivity (Wildman–Crippen MR) is 53.2 cm³/mol. The molecule has 1 atom stereocenters. The summed E-state index contributed by atoms with van der Waals surface area (Å²) in [5.41, 5.74) is -0.652. The highest BCUT2D eigenvalue weighted by Crippen LogP contribution is 2.20. The van der Waals surface area contributed by atoms with Gasteiger partial charge in [0, 0.05) is 5.54 Å². The Bertz CT molecular complexity index is 285. The standard InChI is InChI=1S/C9H17N3O3/c1-5-6-10-7(13)11(9(2,3)4)8(14)12(6)15/h6,15H,5H2,1-4H3,(H,10,13). The molecule has 0 saturated carbocycles. The Kier molecular flexibility index (Phi) is 2.90. The van der Waals surface area contributed by atoms with Crippen molar-refractivity contribution in [2.24, 2.45) is 0 Å². The van der Waals surface area contributed by atoms with E-state index in [4.69, 9.17) is 0 Å². The van der Waals surface area contributed by atoms with Crippen LogP contribution in [0, 0.1) is 0 Å². The first-order valence-corrected chi connectivity index (χ1v) is 4.91. The van der Waals surface area contributed by atoms with Gasteiger partial charge in [0.1, 0.15) is 6.17 Å². The van der Waals surface area contributed by atoms with Gasteiger partial charge in [-0.2, -0.15) is 5.06 Å². The maximum Gasteiger partial charge on any atom is 0.354 e. The van der Waals surface area contributed by atoms with Gasteiger partial charge in [0.2, 0.25) is 0 Å². The minimum Gasteiger partial charge on any atom is -0.315 e. The van der Waals surface area contributed by atoms with Crippen LogP contribution in [0.25, 0.3) is 0 Å². The number of rotatable bonds is 1. The number of hydrogen-bond donors (Lipinski definition) is 2. The van der Waals surface area contributed by atoms with E-state index < -0.39 is 23.8 Å². The minimum absolute atomic E-state index is 0.464. The molecule has 0 aliphatic carbocycles. The molecule has 0 bridgehead atoms. The average Bonchev–Trinajstić information content (AvgIpc) is 2.09. The smallest absolute Gasteiger partial charge is 0.315 e. The molecule has 1 unspecified atom stereocenters. The number of imide groups is 1. The van der Waals surface area contributed by atoms with E-state index in [0.717, 1.165) is 4.90 Å². The average molecular weight is 215 g/mol. The maximum absolute atomic E-state index is 11.7. The van der Waals surface area contributed by atoms with E-state index >= 15 is 0 Å². The Labute approximate surface area is 88.8 Å². The molecule has 0 aromatic rings. The van der Waals surface area contributed by atoms with Gasteiger partial charge in [-0.05, 0) is 27.2 Å². The second kappa shape index (κ2) is 3.69. The zero-order chi connectivity index (χ0) is 11.8. The molecule has 4 amide bonds. The van der Waals surface area contributed by atoms with Crippen LogP contribution in [-0.2, 0) is 0 Å². The summed E-state index contributed by atoms with van der Waals surface area (Å²) in [6, 6.07) is -1.15. The Morgan fingerprint density at radius 1 is 1.40 bits per heavy atom. The summed E-state index contributed by atoms with van der Waals surface area (Å²) < 4.78 is 0. The van der Waals surface area contributed by atoms with Crippen LogP contribution in [0.5, 0.6) is 0 Å². The molecule has 2 N–H and O–H groups in total. The van der Waals surface area contributed by atoms with Crippen LogP contribution in [0.4, 0.5) is 9.59 Å². The second-order valence-electron chi connectivity index (χ2n) is 4.51. The molecule has 6 nitrogen and oxygen atoms in total. The highest BCUT2D eigenvalue weighted by molar-refractivity contribution is 5.96. The molecule has 0 radical (unpaired) electrons. The fourth-order valence-corrected chi connectivity index (χ4v) is 1.46. The van der Waals surface area contributed by atoms with Gasteiger partial charge in [0.25, 0.3) is 0 Å². The van der Waals surface area contributed by atoms with Crippen LogP contribution < -0.4 is 5.32 Å². The van der Waals surface area contributed by atoms with Gasteiger partial charge in [0.15, 0.2) is 0 Å². The summed E-state index contributed by atoms with van der Waals surface area (Å²) in [5.74, 6) is 0. The molecule has 1 aliphatic heterocycles. The maximum atomic E-state index is 11.7. The molecule has 1 saturated heterocycles. The van der Waals surface area contributed by atoms with Crippen LogP contribution in [0.15, 0.2) is 0 Å². The summed E-state index contributed by atoms with van der Waals surface area (Å²) >= 11 is 0. The monoisotopic (exact) mass is 215 g/mol. The van der Waals surface area contributed by atoms with Crippen molar-refractivity contribution >= 4 is 12.1 Å². The predicted octanol–water partition coefficient (Wildman–Crippen LogP) is 1.36. The lowest BCUT2D eigenvalue weighted by Crippen LogP contribution is -2.67. The van der Waals surface area contributed by atoms with Gasteiger partial charge in [-0.25, -0.2) is 14.5 Å². The Morgan fingerprint density at radius 3 is 2.33 bits per heavy atom. The van der Waals surface area contributed by atoms with Crippen molar-refractivity contribution in [1.29, 1.82) is 0 Å². The summed E-state index contributed by atoms with van der Waals surface area (Å²) in [7, 11) is 0. The summed E-state index contributed by atoms with van der Waals surface area (Å²) in [5, 5.41) is 12.6. The molecule has 86 valence electrons. The number of hydrogen-bond acceptors (Lipinski definition) is 3. The molecule has 0 aromatic heterocycles. The van der Waals surface area contributed by atoms with Crippen molar-refractivity contribution in [2.75, 3.05) is 0 Å². The largest absolute Gasteiger partial charge is 0.354 e. The van der Waals surface area contributed by atoms with Crippen molar-refractivity contribution in [2.45, 2.75) is 45.8 Å². The molecule has 1 rings (SSSR count). The number of nitrogens with one attached hydrogen (secondary N) is 1. The first kappa shape index (κ1) is 11.8. The lowest BCUT2D eigenvalue weighted by atomic mass is 10.1. The lowest BCUT2D eigenvalue weighted by Gasteiger charge is -2.42. The summed E-state index contributed by atoms with van der Waals surface area (Å²) in [6.07, 6.45) is -0.171. The van der Waals surface area contributed by atoms with E-state index in [1.165, 1.54) is 0 Å². The molecule has 6 heteroatoms. The normalized spacial score (nSPS) is 23.1. The molecule has 1 heterocycles. The summed E-state index contributed by atoms with van der Waals surface area (Å²) in [4.78, 5) is 24.3. The van der Waals surface area contributed by atoms with Gasteiger partial charge in [-0.3, -0.25) is 5.21 Å². The zero-order valence-electron chi connectivity index (χ0n) is 9.44. The van der Waals surface area contributed by atoms with Crippen LogP contribution >= 0.6 is 0 Å². The van der Waals surface area contributed by atoms with Crippen molar-refractivity contribution in [3.63, 3.8) is 0 Å². The van der Waals surface area contributed by atoms with E-state index in [-0.39, 0.29) is 0 Å². The fraction of sp³-hybridized carbons (Fsp3) is 0.778. The van der Waals surface area contributed by atoms with Gasteiger partial charge >= 0.3 is 12.1 Å². The van der Waals surface area contributed by atoms with Crippen LogP contribution in [0.3, 0.4) is 0 Å². The molecular formula is C9H17N3O3. The van der Waals surface area contributed by atoms with E-state index in [1.54, 1.807) is 27.7 Å². The van der Waals surface area contributed by atoms with Crippen molar-refractivity contribution in [3.05, 3.63) is 0 Å². The molecular weight excluding hydrogens is 198 g/mol. The zero-order valence-corrected chi connectivity index (χ0v) is 9.44. The quantitative estimate of drug-likeness (QED) is 0.648. The number of carbonyl (C=O) groups excluding carboxylic acids is 2. The SMILES string of the molecule is CCC1NC(=O)N(C(C)(C)C)C(=O)N1O. The van der Waals surface area contributed by atoms with E-state index in [2.05, 4.69) is 5.32 Å². The molecule has 0 spiro atoms. The highest BCUT2D eigenvalue weighted by atomic mass is 16.5. The Hall–Kier alpha value is -1.30. The summed E-state index contributed by atoms with van der Waals surface area (Å²) in [6.45, 7) is 6.95. The number of carbonyl (C=O) groups is 2. The highest BCUT2D eigenvalue weighted by Gasteiger charge is 2.42. The van der Waals surface area contributed by atoms with Crippen LogP contribution in [0.2, 0.25) is 0 Å². The molecule has 0 aromatic carbocycles. The van der Waals surface area contributed by atoms with Gasteiger partial charge in [-0.15, -0.1) is 0 Å². The fourth-order valence-electron chi connectivity index (χ4n) is 1.46. The van der Waals surface area contributed by atoms with Crippen molar-refractivity contribution < 1.29 is 14.8 Å². The second-order valence-corrected chi connectivity index (χ2v) is 4.51. The third-order valence-electron chi connectivity index (χ3n) is 2.23. The van der Waals surface area contributed by atoms with Crippen molar-refractivity contribution in [3.8, 4) is 0 Å². The first-order chi connectivity index (χ1) is 6.79. The molecule has 15 heavy (non-hydrogen) atoms. The third-order valence-corrected chi connectivity index (χ3v) is 2.23.